The second kappa shape index (κ2) is 4.99. The molecule has 0 aliphatic rings. The number of nitrogens with one attached hydrogen (secondary N) is 1. The van der Waals surface area contributed by atoms with Crippen LogP contribution in [0.5, 0.6) is 0 Å². The molecule has 2 rings (SSSR count). The van der Waals surface area contributed by atoms with Crippen molar-refractivity contribution in [2.24, 2.45) is 7.05 Å². The summed E-state index contributed by atoms with van der Waals surface area (Å²) in [5.74, 6) is 0. The lowest BCUT2D eigenvalue weighted by Gasteiger charge is -2.11. The lowest BCUT2D eigenvalue weighted by molar-refractivity contribution is 0.549. The fraction of sp³-hybridized carbons (Fsp3) is 0.364. The topological polar surface area (TPSA) is 29.9 Å². The molecule has 0 saturated carbocycles. The molecule has 2 heterocycles. The predicted octanol–water partition coefficient (Wildman–Crippen LogP) is 2.99. The molecular weight excluding hydrogens is 242 g/mol. The van der Waals surface area contributed by atoms with Crippen molar-refractivity contribution in [3.63, 3.8) is 0 Å². The Kier molecular flexibility index (Phi) is 3.63. The number of nitrogens with zero attached hydrogens (tertiary/aromatic N) is 2. The van der Waals surface area contributed by atoms with Gasteiger partial charge in [-0.1, -0.05) is 11.6 Å². The first kappa shape index (κ1) is 11.6. The highest BCUT2D eigenvalue weighted by atomic mass is 35.5. The van der Waals surface area contributed by atoms with E-state index in [-0.39, 0.29) is 6.04 Å². The van der Waals surface area contributed by atoms with Crippen molar-refractivity contribution < 1.29 is 0 Å². The van der Waals surface area contributed by atoms with Gasteiger partial charge in [0.05, 0.1) is 16.2 Å². The van der Waals surface area contributed by atoms with Crippen LogP contribution in [-0.2, 0) is 13.6 Å². The maximum Gasteiger partial charge on any atom is 0.0795 e. The third-order valence-corrected chi connectivity index (χ3v) is 3.37. The first-order chi connectivity index (χ1) is 7.66. The van der Waals surface area contributed by atoms with E-state index in [0.717, 1.165) is 17.3 Å². The summed E-state index contributed by atoms with van der Waals surface area (Å²) >= 11 is 7.54. The number of rotatable bonds is 4. The van der Waals surface area contributed by atoms with E-state index in [2.05, 4.69) is 22.6 Å². The van der Waals surface area contributed by atoms with Crippen molar-refractivity contribution in [1.82, 2.24) is 14.9 Å². The molecule has 0 aliphatic heterocycles. The van der Waals surface area contributed by atoms with E-state index in [9.17, 15) is 0 Å². The summed E-state index contributed by atoms with van der Waals surface area (Å²) in [6.45, 7) is 2.90. The molecule has 0 fully saturated rings. The highest BCUT2D eigenvalue weighted by Gasteiger charge is 2.08. The van der Waals surface area contributed by atoms with Crippen molar-refractivity contribution in [3.05, 3.63) is 39.6 Å². The second-order valence-corrected chi connectivity index (χ2v) is 4.93. The SMILES string of the molecule is CC(NCc1cc(Cl)cn1C)c1cscn1. The van der Waals surface area contributed by atoms with Crippen LogP contribution < -0.4 is 5.32 Å². The highest BCUT2D eigenvalue weighted by molar-refractivity contribution is 7.07. The van der Waals surface area contributed by atoms with Crippen molar-refractivity contribution in [3.8, 4) is 0 Å². The minimum Gasteiger partial charge on any atom is -0.352 e. The molecule has 0 radical (unpaired) electrons. The van der Waals surface area contributed by atoms with Crippen LogP contribution in [0.15, 0.2) is 23.2 Å². The molecule has 0 amide bonds. The average Bonchev–Trinajstić information content (AvgIpc) is 2.84. The normalized spacial score (nSPS) is 12.9. The molecule has 2 aromatic heterocycles. The fourth-order valence-electron chi connectivity index (χ4n) is 1.54. The lowest BCUT2D eigenvalue weighted by Crippen LogP contribution is -2.19. The van der Waals surface area contributed by atoms with E-state index in [1.807, 2.05) is 29.4 Å². The Morgan fingerprint density at radius 3 is 3.00 bits per heavy atom. The van der Waals surface area contributed by atoms with Gasteiger partial charge in [-0.05, 0) is 13.0 Å². The zero-order valence-corrected chi connectivity index (χ0v) is 10.8. The maximum atomic E-state index is 5.92. The van der Waals surface area contributed by atoms with Crippen LogP contribution >= 0.6 is 22.9 Å². The van der Waals surface area contributed by atoms with Gasteiger partial charge in [0.25, 0.3) is 0 Å². The smallest absolute Gasteiger partial charge is 0.0795 e. The Bertz CT molecular complexity index is 450. The van der Waals surface area contributed by atoms with E-state index in [1.54, 1.807) is 11.3 Å². The van der Waals surface area contributed by atoms with Crippen LogP contribution in [0, 0.1) is 0 Å². The number of aromatic nitrogens is 2. The van der Waals surface area contributed by atoms with Gasteiger partial charge in [-0.15, -0.1) is 11.3 Å². The summed E-state index contributed by atoms with van der Waals surface area (Å²) in [4.78, 5) is 4.28. The van der Waals surface area contributed by atoms with Crippen LogP contribution in [0.4, 0.5) is 0 Å². The maximum absolute atomic E-state index is 5.92. The van der Waals surface area contributed by atoms with Crippen LogP contribution in [0.3, 0.4) is 0 Å². The minimum atomic E-state index is 0.264. The Morgan fingerprint density at radius 1 is 1.62 bits per heavy atom. The molecule has 0 saturated heterocycles. The molecule has 16 heavy (non-hydrogen) atoms. The fourth-order valence-corrected chi connectivity index (χ4v) is 2.46. The number of thiazole rings is 1. The molecule has 0 aromatic carbocycles. The Morgan fingerprint density at radius 2 is 2.44 bits per heavy atom. The molecule has 5 heteroatoms. The van der Waals surface area contributed by atoms with Crippen molar-refractivity contribution in [1.29, 1.82) is 0 Å². The highest BCUT2D eigenvalue weighted by Crippen LogP contribution is 2.15. The van der Waals surface area contributed by atoms with Gasteiger partial charge in [-0.25, -0.2) is 4.98 Å². The lowest BCUT2D eigenvalue weighted by atomic mass is 10.2. The molecule has 0 spiro atoms. The van der Waals surface area contributed by atoms with Gasteiger partial charge in [-0.3, -0.25) is 0 Å². The van der Waals surface area contributed by atoms with Gasteiger partial charge < -0.3 is 9.88 Å². The van der Waals surface area contributed by atoms with E-state index >= 15 is 0 Å². The number of hydrogen-bond donors (Lipinski definition) is 1. The van der Waals surface area contributed by atoms with Gasteiger partial charge in [-0.2, -0.15) is 0 Å². The van der Waals surface area contributed by atoms with E-state index in [1.165, 1.54) is 5.69 Å². The summed E-state index contributed by atoms with van der Waals surface area (Å²) in [7, 11) is 2.00. The van der Waals surface area contributed by atoms with Crippen molar-refractivity contribution in [2.75, 3.05) is 0 Å². The Hall–Kier alpha value is -0.840. The summed E-state index contributed by atoms with van der Waals surface area (Å²) in [6, 6.07) is 2.24. The van der Waals surface area contributed by atoms with E-state index in [0.29, 0.717) is 0 Å². The molecule has 0 aliphatic carbocycles. The number of aryl methyl sites for hydroxylation is 1. The predicted molar refractivity (Wildman–Crippen MR) is 67.8 cm³/mol. The standard InChI is InChI=1S/C11H14ClN3S/c1-8(11-6-16-7-14-11)13-4-10-3-9(12)5-15(10)2/h3,5-8,13H,4H2,1-2H3. The van der Waals surface area contributed by atoms with Gasteiger partial charge in [0.1, 0.15) is 0 Å². The van der Waals surface area contributed by atoms with E-state index in [4.69, 9.17) is 11.6 Å². The Balaban J connectivity index is 1.95. The summed E-state index contributed by atoms with van der Waals surface area (Å²) in [5.41, 5.74) is 4.12. The largest absolute Gasteiger partial charge is 0.352 e. The third-order valence-electron chi connectivity index (χ3n) is 2.56. The van der Waals surface area contributed by atoms with Gasteiger partial charge in [0.2, 0.25) is 0 Å². The Labute approximate surface area is 104 Å². The van der Waals surface area contributed by atoms with Gasteiger partial charge >= 0.3 is 0 Å². The number of hydrogen-bond acceptors (Lipinski definition) is 3. The molecule has 2 aromatic rings. The van der Waals surface area contributed by atoms with Gasteiger partial charge in [0, 0.05) is 36.9 Å². The molecule has 86 valence electrons. The monoisotopic (exact) mass is 255 g/mol. The molecular formula is C11H14ClN3S. The van der Waals surface area contributed by atoms with Crippen LogP contribution in [0.1, 0.15) is 24.4 Å². The van der Waals surface area contributed by atoms with E-state index < -0.39 is 0 Å². The molecule has 1 unspecified atom stereocenters. The van der Waals surface area contributed by atoms with Crippen LogP contribution in [0.25, 0.3) is 0 Å². The zero-order chi connectivity index (χ0) is 11.5. The summed E-state index contributed by atoms with van der Waals surface area (Å²) < 4.78 is 2.03. The quantitative estimate of drug-likeness (QED) is 0.910. The van der Waals surface area contributed by atoms with Crippen molar-refractivity contribution >= 4 is 22.9 Å². The minimum absolute atomic E-state index is 0.264. The first-order valence-electron chi connectivity index (χ1n) is 5.09. The van der Waals surface area contributed by atoms with Crippen LogP contribution in [-0.4, -0.2) is 9.55 Å². The molecule has 0 bridgehead atoms. The molecule has 1 N–H and O–H groups in total. The third kappa shape index (κ3) is 2.64. The van der Waals surface area contributed by atoms with Crippen LogP contribution in [0.2, 0.25) is 5.02 Å². The van der Waals surface area contributed by atoms with Gasteiger partial charge in [0.15, 0.2) is 0 Å². The number of halogens is 1. The summed E-state index contributed by atoms with van der Waals surface area (Å²) in [5, 5.41) is 6.26. The summed E-state index contributed by atoms with van der Waals surface area (Å²) in [6.07, 6.45) is 1.91. The average molecular weight is 256 g/mol. The first-order valence-corrected chi connectivity index (χ1v) is 6.41. The van der Waals surface area contributed by atoms with Crippen molar-refractivity contribution in [2.45, 2.75) is 19.5 Å². The molecule has 3 nitrogen and oxygen atoms in total. The molecule has 1 atom stereocenters. The zero-order valence-electron chi connectivity index (χ0n) is 9.27. The second-order valence-electron chi connectivity index (χ2n) is 3.78.